The Balaban J connectivity index is 1.06. The van der Waals surface area contributed by atoms with Crippen LogP contribution in [-0.4, -0.2) is 54.4 Å². The van der Waals surface area contributed by atoms with Gasteiger partial charge in [-0.25, -0.2) is 4.39 Å². The molecule has 2 aliphatic heterocycles. The smallest absolute Gasteiger partial charge is 0.261 e. The van der Waals surface area contributed by atoms with E-state index in [0.717, 1.165) is 31.2 Å². The zero-order valence-electron chi connectivity index (χ0n) is 18.2. The fourth-order valence-electron chi connectivity index (χ4n) is 4.61. The summed E-state index contributed by atoms with van der Waals surface area (Å²) in [5, 5.41) is 6.81. The van der Waals surface area contributed by atoms with E-state index in [1.807, 2.05) is 6.07 Å². The van der Waals surface area contributed by atoms with Crippen molar-refractivity contribution in [1.29, 1.82) is 0 Å². The first-order valence-electron chi connectivity index (χ1n) is 11.3. The number of rotatable bonds is 7. The number of carbonyl (C=O) groups is 1. The lowest BCUT2D eigenvalue weighted by Crippen LogP contribution is -2.61. The van der Waals surface area contributed by atoms with Gasteiger partial charge in [0.15, 0.2) is 11.7 Å². The first kappa shape index (κ1) is 22.4. The van der Waals surface area contributed by atoms with Crippen LogP contribution in [0.1, 0.15) is 31.2 Å². The van der Waals surface area contributed by atoms with Gasteiger partial charge in [0.05, 0.1) is 24.4 Å². The quantitative estimate of drug-likeness (QED) is 0.640. The van der Waals surface area contributed by atoms with Crippen molar-refractivity contribution < 1.29 is 23.4 Å². The van der Waals surface area contributed by atoms with E-state index < -0.39 is 17.5 Å². The van der Waals surface area contributed by atoms with Crippen LogP contribution in [0.4, 0.5) is 4.39 Å². The van der Waals surface area contributed by atoms with E-state index in [2.05, 4.69) is 15.6 Å². The lowest BCUT2D eigenvalue weighted by molar-refractivity contribution is -0.159. The summed E-state index contributed by atoms with van der Waals surface area (Å²) in [6, 6.07) is 6.85. The molecule has 9 heteroatoms. The first-order chi connectivity index (χ1) is 16.0. The lowest BCUT2D eigenvalue weighted by atomic mass is 9.90. The number of hydrogen-bond donors (Lipinski definition) is 2. The van der Waals surface area contributed by atoms with Gasteiger partial charge in [0.2, 0.25) is 0 Å². The first-order valence-corrected chi connectivity index (χ1v) is 11.7. The second kappa shape index (κ2) is 9.44. The number of benzene rings is 1. The second-order valence-corrected chi connectivity index (χ2v) is 9.49. The Morgan fingerprint density at radius 3 is 2.70 bits per heavy atom. The third-order valence-corrected chi connectivity index (χ3v) is 6.89. The van der Waals surface area contributed by atoms with Crippen molar-refractivity contribution in [1.82, 2.24) is 15.6 Å². The molecule has 1 unspecified atom stereocenters. The van der Waals surface area contributed by atoms with Crippen LogP contribution < -0.4 is 20.1 Å². The number of nitrogens with zero attached hydrogens (tertiary/aromatic N) is 1. The molecule has 1 aliphatic carbocycles. The minimum atomic E-state index is -0.505. The number of carbonyl (C=O) groups excluding carboxylic acids is 1. The Morgan fingerprint density at radius 1 is 1.21 bits per heavy atom. The lowest BCUT2D eigenvalue weighted by Gasteiger charge is -2.43. The number of aromatic nitrogens is 1. The zero-order chi connectivity index (χ0) is 22.8. The fourth-order valence-corrected chi connectivity index (χ4v) is 4.73. The van der Waals surface area contributed by atoms with E-state index in [9.17, 15) is 9.18 Å². The molecule has 2 fully saturated rings. The molecule has 0 radical (unpaired) electrons. The molecular formula is C24H27ClFN3O4. The number of pyridine rings is 1. The molecule has 3 heterocycles. The van der Waals surface area contributed by atoms with Gasteiger partial charge in [0, 0.05) is 42.9 Å². The van der Waals surface area contributed by atoms with Gasteiger partial charge in [-0.2, -0.15) is 0 Å². The van der Waals surface area contributed by atoms with Gasteiger partial charge in [0.25, 0.3) is 5.91 Å². The Labute approximate surface area is 197 Å². The van der Waals surface area contributed by atoms with Crippen LogP contribution >= 0.6 is 11.6 Å². The largest absolute Gasteiger partial charge is 0.481 e. The molecule has 33 heavy (non-hydrogen) atoms. The highest BCUT2D eigenvalue weighted by molar-refractivity contribution is 6.30. The van der Waals surface area contributed by atoms with Crippen molar-refractivity contribution in [3.8, 4) is 11.5 Å². The van der Waals surface area contributed by atoms with Crippen molar-refractivity contribution in [3.63, 3.8) is 0 Å². The molecule has 3 aliphatic rings. The van der Waals surface area contributed by atoms with E-state index in [-0.39, 0.29) is 17.0 Å². The Kier molecular flexibility index (Phi) is 6.40. The van der Waals surface area contributed by atoms with E-state index in [0.29, 0.717) is 43.7 Å². The molecule has 5 rings (SSSR count). The van der Waals surface area contributed by atoms with Crippen molar-refractivity contribution >= 4 is 17.5 Å². The predicted octanol–water partition coefficient (Wildman–Crippen LogP) is 3.04. The zero-order valence-corrected chi connectivity index (χ0v) is 18.9. The summed E-state index contributed by atoms with van der Waals surface area (Å²) in [4.78, 5) is 16.7. The summed E-state index contributed by atoms with van der Waals surface area (Å²) in [7, 11) is 0. The fraction of sp³-hybridized carbons (Fsp3) is 0.500. The van der Waals surface area contributed by atoms with Gasteiger partial charge in [-0.1, -0.05) is 11.6 Å². The van der Waals surface area contributed by atoms with Crippen LogP contribution in [0.25, 0.3) is 0 Å². The molecule has 2 N–H and O–H groups in total. The molecule has 0 spiro atoms. The summed E-state index contributed by atoms with van der Waals surface area (Å²) >= 11 is 5.76. The van der Waals surface area contributed by atoms with Crippen LogP contribution in [-0.2, 0) is 16.0 Å². The Bertz CT molecular complexity index is 986. The van der Waals surface area contributed by atoms with Crippen LogP contribution in [0.3, 0.4) is 0 Å². The molecule has 1 saturated heterocycles. The third kappa shape index (κ3) is 5.08. The number of hydrogen-bond acceptors (Lipinski definition) is 6. The molecular weight excluding hydrogens is 449 g/mol. The number of fused-ring (bicyclic) bond motifs is 1. The molecule has 1 saturated carbocycles. The maximum absolute atomic E-state index is 13.7. The van der Waals surface area contributed by atoms with Crippen LogP contribution in [0.2, 0.25) is 5.02 Å². The highest BCUT2D eigenvalue weighted by Crippen LogP contribution is 2.30. The van der Waals surface area contributed by atoms with Gasteiger partial charge in [0.1, 0.15) is 17.3 Å². The maximum Gasteiger partial charge on any atom is 0.261 e. The number of amides is 1. The molecule has 176 valence electrons. The Morgan fingerprint density at radius 2 is 2.00 bits per heavy atom. The minimum Gasteiger partial charge on any atom is -0.481 e. The van der Waals surface area contributed by atoms with Gasteiger partial charge in [-0.15, -0.1) is 0 Å². The van der Waals surface area contributed by atoms with E-state index in [1.54, 1.807) is 18.5 Å². The standard InChI is InChI=1S/C24H27ClFN3O4/c25-19-6-5-18(10-20(19)26)33-24(13-31-14-24)12-28-16-1-3-17(4-2-16)29-23(30)21-9-15-7-8-27-11-22(15)32-21/h5-8,10-11,16-17,21,28H,1-4,9,12-14H2,(H,29,30)/t16-,17-,21?. The minimum absolute atomic E-state index is 0.0585. The van der Waals surface area contributed by atoms with Crippen molar-refractivity contribution in [3.05, 3.63) is 53.1 Å². The number of halogens is 2. The molecule has 1 atom stereocenters. The van der Waals surface area contributed by atoms with Crippen LogP contribution in [0.5, 0.6) is 11.5 Å². The number of nitrogens with one attached hydrogen (secondary N) is 2. The Hall–Kier alpha value is -2.42. The molecule has 1 amide bonds. The van der Waals surface area contributed by atoms with Gasteiger partial charge in [-0.05, 0) is 43.9 Å². The summed E-state index contributed by atoms with van der Waals surface area (Å²) < 4.78 is 30.9. The van der Waals surface area contributed by atoms with Crippen LogP contribution in [0, 0.1) is 5.82 Å². The highest BCUT2D eigenvalue weighted by Gasteiger charge is 2.42. The van der Waals surface area contributed by atoms with Gasteiger partial charge in [-0.3, -0.25) is 9.78 Å². The van der Waals surface area contributed by atoms with E-state index in [1.165, 1.54) is 12.1 Å². The average molecular weight is 476 g/mol. The average Bonchev–Trinajstić information content (AvgIpc) is 3.23. The monoisotopic (exact) mass is 475 g/mol. The summed E-state index contributed by atoms with van der Waals surface area (Å²) in [5.74, 6) is 0.585. The normalized spacial score (nSPS) is 25.5. The molecule has 1 aromatic heterocycles. The summed E-state index contributed by atoms with van der Waals surface area (Å²) in [6.07, 6.45) is 7.19. The van der Waals surface area contributed by atoms with E-state index >= 15 is 0 Å². The molecule has 2 aromatic rings. The number of ether oxygens (including phenoxy) is 3. The predicted molar refractivity (Wildman–Crippen MR) is 120 cm³/mol. The molecule has 1 aromatic carbocycles. The SMILES string of the molecule is O=C(N[C@H]1CC[C@H](NCC2(Oc3ccc(Cl)c(F)c3)COC2)CC1)C1Cc2ccncc2O1. The highest BCUT2D eigenvalue weighted by atomic mass is 35.5. The van der Waals surface area contributed by atoms with E-state index in [4.69, 9.17) is 25.8 Å². The van der Waals surface area contributed by atoms with Crippen molar-refractivity contribution in [2.45, 2.75) is 55.9 Å². The maximum atomic E-state index is 13.7. The molecule has 7 nitrogen and oxygen atoms in total. The topological polar surface area (TPSA) is 81.7 Å². The third-order valence-electron chi connectivity index (χ3n) is 6.58. The second-order valence-electron chi connectivity index (χ2n) is 9.09. The van der Waals surface area contributed by atoms with Crippen LogP contribution in [0.15, 0.2) is 36.7 Å². The van der Waals surface area contributed by atoms with Crippen molar-refractivity contribution in [2.24, 2.45) is 0 Å². The molecule has 0 bridgehead atoms. The van der Waals surface area contributed by atoms with Gasteiger partial charge >= 0.3 is 0 Å². The van der Waals surface area contributed by atoms with Gasteiger partial charge < -0.3 is 24.8 Å². The summed E-state index contributed by atoms with van der Waals surface area (Å²) in [6.45, 7) is 1.52. The van der Waals surface area contributed by atoms with Crippen molar-refractivity contribution in [2.75, 3.05) is 19.8 Å². The summed E-state index contributed by atoms with van der Waals surface area (Å²) in [5.41, 5.74) is 0.519.